The molecular weight excluding hydrogens is 472 g/mol. The number of carbonyl (C=O) groups is 4. The van der Waals surface area contributed by atoms with Crippen molar-refractivity contribution >= 4 is 48.1 Å². The van der Waals surface area contributed by atoms with Gasteiger partial charge in [0.2, 0.25) is 11.8 Å². The van der Waals surface area contributed by atoms with E-state index in [1.165, 1.54) is 30.4 Å². The van der Waals surface area contributed by atoms with Crippen molar-refractivity contribution in [1.82, 2.24) is 16.0 Å². The van der Waals surface area contributed by atoms with Crippen molar-refractivity contribution in [1.29, 1.82) is 0 Å². The molecule has 1 aromatic rings. The molecule has 184 valence electrons. The Hall–Kier alpha value is -3.49. The summed E-state index contributed by atoms with van der Waals surface area (Å²) >= 11 is 3.95. The van der Waals surface area contributed by atoms with Crippen LogP contribution in [0.4, 0.5) is 5.69 Å². The monoisotopic (exact) mass is 496 g/mol. The molecule has 14 heteroatoms. The summed E-state index contributed by atoms with van der Waals surface area (Å²) in [6.07, 6.45) is 1.09. The molecule has 1 aliphatic carbocycles. The fraction of sp³-hybridized carbons (Fsp3) is 0.400. The Bertz CT molecular complexity index is 1000. The second-order valence-electron chi connectivity index (χ2n) is 7.38. The molecule has 0 fully saturated rings. The van der Waals surface area contributed by atoms with Gasteiger partial charge < -0.3 is 26.0 Å². The summed E-state index contributed by atoms with van der Waals surface area (Å²) in [5, 5.41) is 47.2. The minimum Gasteiger partial charge on any atom is -0.480 e. The van der Waals surface area contributed by atoms with Crippen molar-refractivity contribution in [3.05, 3.63) is 45.5 Å². The number of nitro benzene ring substituents is 1. The van der Waals surface area contributed by atoms with Gasteiger partial charge in [0, 0.05) is 18.2 Å². The SMILES string of the molecule is O=C(O)CNC(=O)[C@H](CS)NC(=O)CC[C@H](NC1C=Cc2c(cccc2[N+](=O)[O-])C1O)C(=O)O. The first-order chi connectivity index (χ1) is 16.0. The number of amides is 2. The standard InChI is InChI=1S/C20H24N4O9S/c25-16(23-14(9-34)19(29)21-8-17(26)27)7-6-13(20(30)31)22-12-5-4-10-11(18(12)28)2-1-3-15(10)24(32)33/h1-5,12-14,18,22,28,34H,6-9H2,(H,21,29)(H,23,25)(H,26,27)(H,30,31)/t12?,13-,14-,18?/m0/s1. The molecule has 0 radical (unpaired) electrons. The van der Waals surface area contributed by atoms with Gasteiger partial charge in [0.25, 0.3) is 5.69 Å². The number of hydrogen-bond donors (Lipinski definition) is 7. The summed E-state index contributed by atoms with van der Waals surface area (Å²) < 4.78 is 0. The molecule has 2 amide bonds. The maximum atomic E-state index is 12.2. The third kappa shape index (κ3) is 7.00. The smallest absolute Gasteiger partial charge is 0.322 e. The third-order valence-electron chi connectivity index (χ3n) is 5.04. The van der Waals surface area contributed by atoms with E-state index in [2.05, 4.69) is 28.6 Å². The van der Waals surface area contributed by atoms with Crippen LogP contribution in [0.5, 0.6) is 0 Å². The summed E-state index contributed by atoms with van der Waals surface area (Å²) in [5.74, 6) is -4.06. The Morgan fingerprint density at radius 2 is 1.88 bits per heavy atom. The highest BCUT2D eigenvalue weighted by Crippen LogP contribution is 2.34. The van der Waals surface area contributed by atoms with Crippen molar-refractivity contribution in [3.63, 3.8) is 0 Å². The second-order valence-corrected chi connectivity index (χ2v) is 7.74. The topological polar surface area (TPSA) is 208 Å². The van der Waals surface area contributed by atoms with E-state index in [-0.39, 0.29) is 35.4 Å². The van der Waals surface area contributed by atoms with Crippen LogP contribution in [0.1, 0.15) is 30.1 Å². The first-order valence-electron chi connectivity index (χ1n) is 10.1. The van der Waals surface area contributed by atoms with Gasteiger partial charge >= 0.3 is 11.9 Å². The second kappa shape index (κ2) is 12.1. The molecule has 0 heterocycles. The largest absolute Gasteiger partial charge is 0.480 e. The van der Waals surface area contributed by atoms with Gasteiger partial charge in [-0.05, 0) is 12.0 Å². The summed E-state index contributed by atoms with van der Waals surface area (Å²) in [5.41, 5.74) is 0.298. The highest BCUT2D eigenvalue weighted by atomic mass is 32.1. The minimum atomic E-state index is -1.29. The summed E-state index contributed by atoms with van der Waals surface area (Å²) in [4.78, 5) is 57.0. The van der Waals surface area contributed by atoms with E-state index in [0.29, 0.717) is 0 Å². The highest BCUT2D eigenvalue weighted by Gasteiger charge is 2.32. The molecule has 0 aromatic heterocycles. The Morgan fingerprint density at radius 1 is 1.18 bits per heavy atom. The number of aliphatic carboxylic acids is 2. The number of fused-ring (bicyclic) bond motifs is 1. The van der Waals surface area contributed by atoms with Crippen molar-refractivity contribution in [2.75, 3.05) is 12.3 Å². The average Bonchev–Trinajstić information content (AvgIpc) is 2.79. The fourth-order valence-electron chi connectivity index (χ4n) is 3.35. The number of aliphatic hydroxyl groups is 1. The van der Waals surface area contributed by atoms with E-state index in [1.54, 1.807) is 0 Å². The molecule has 2 rings (SSSR count). The number of carbonyl (C=O) groups excluding carboxylic acids is 2. The first kappa shape index (κ1) is 26.8. The zero-order valence-corrected chi connectivity index (χ0v) is 18.6. The van der Waals surface area contributed by atoms with E-state index < -0.39 is 59.5 Å². The van der Waals surface area contributed by atoms with Crippen molar-refractivity contribution in [3.8, 4) is 0 Å². The predicted octanol–water partition coefficient (Wildman–Crippen LogP) is -0.538. The fourth-order valence-corrected chi connectivity index (χ4v) is 3.60. The van der Waals surface area contributed by atoms with Gasteiger partial charge in [0.05, 0.1) is 22.6 Å². The number of carboxylic acid groups (broad SMARTS) is 2. The lowest BCUT2D eigenvalue weighted by molar-refractivity contribution is -0.385. The molecular formula is C20H24N4O9S. The molecule has 1 aromatic carbocycles. The number of rotatable bonds is 12. The Balaban J connectivity index is 1.99. The molecule has 0 bridgehead atoms. The van der Waals surface area contributed by atoms with Crippen LogP contribution < -0.4 is 16.0 Å². The third-order valence-corrected chi connectivity index (χ3v) is 5.41. The zero-order chi connectivity index (χ0) is 25.4. The molecule has 0 saturated carbocycles. The van der Waals surface area contributed by atoms with E-state index >= 15 is 0 Å². The lowest BCUT2D eigenvalue weighted by Crippen LogP contribution is -2.50. The molecule has 4 atom stereocenters. The van der Waals surface area contributed by atoms with Crippen LogP contribution in [0, 0.1) is 10.1 Å². The van der Waals surface area contributed by atoms with Gasteiger partial charge in [-0.2, -0.15) is 12.6 Å². The summed E-state index contributed by atoms with van der Waals surface area (Å²) in [7, 11) is 0. The van der Waals surface area contributed by atoms with Crippen molar-refractivity contribution < 1.29 is 39.4 Å². The number of benzene rings is 1. The number of hydrogen-bond acceptors (Lipinski definition) is 9. The lowest BCUT2D eigenvalue weighted by Gasteiger charge is -2.29. The van der Waals surface area contributed by atoms with Gasteiger partial charge in [0.1, 0.15) is 18.6 Å². The van der Waals surface area contributed by atoms with Crippen LogP contribution in [0.3, 0.4) is 0 Å². The van der Waals surface area contributed by atoms with Crippen LogP contribution in [-0.2, 0) is 19.2 Å². The number of thiol groups is 1. The number of nitrogens with zero attached hydrogens (tertiary/aromatic N) is 1. The van der Waals surface area contributed by atoms with E-state index in [1.807, 2.05) is 0 Å². The number of nitro groups is 1. The van der Waals surface area contributed by atoms with Crippen LogP contribution in [0.2, 0.25) is 0 Å². The molecule has 34 heavy (non-hydrogen) atoms. The number of carboxylic acids is 2. The van der Waals surface area contributed by atoms with Gasteiger partial charge in [0.15, 0.2) is 0 Å². The summed E-state index contributed by atoms with van der Waals surface area (Å²) in [6.45, 7) is -0.631. The maximum Gasteiger partial charge on any atom is 0.322 e. The highest BCUT2D eigenvalue weighted by molar-refractivity contribution is 7.80. The van der Waals surface area contributed by atoms with Crippen LogP contribution in [-0.4, -0.2) is 74.4 Å². The molecule has 13 nitrogen and oxygen atoms in total. The molecule has 6 N–H and O–H groups in total. The van der Waals surface area contributed by atoms with Crippen LogP contribution in [0.15, 0.2) is 24.3 Å². The Labute approximate surface area is 198 Å². The molecule has 0 saturated heterocycles. The van der Waals surface area contributed by atoms with Crippen LogP contribution in [0.25, 0.3) is 6.08 Å². The van der Waals surface area contributed by atoms with Crippen molar-refractivity contribution in [2.45, 2.75) is 37.1 Å². The molecule has 0 aliphatic heterocycles. The lowest BCUT2D eigenvalue weighted by atomic mass is 9.89. The zero-order valence-electron chi connectivity index (χ0n) is 17.7. The molecule has 2 unspecified atom stereocenters. The van der Waals surface area contributed by atoms with E-state index in [0.717, 1.165) is 0 Å². The van der Waals surface area contributed by atoms with E-state index in [9.17, 15) is 39.5 Å². The Kier molecular flexibility index (Phi) is 9.53. The van der Waals surface area contributed by atoms with Crippen molar-refractivity contribution in [2.24, 2.45) is 0 Å². The average molecular weight is 496 g/mol. The van der Waals surface area contributed by atoms with Gasteiger partial charge in [-0.25, -0.2) is 0 Å². The molecule has 0 spiro atoms. The number of aliphatic hydroxyl groups excluding tert-OH is 1. The first-order valence-corrected chi connectivity index (χ1v) is 10.7. The van der Waals surface area contributed by atoms with Gasteiger partial charge in [-0.3, -0.25) is 34.6 Å². The van der Waals surface area contributed by atoms with E-state index in [4.69, 9.17) is 5.11 Å². The number of nitrogens with one attached hydrogen (secondary N) is 3. The minimum absolute atomic E-state index is 0.109. The van der Waals surface area contributed by atoms with Gasteiger partial charge in [-0.15, -0.1) is 0 Å². The Morgan fingerprint density at radius 3 is 2.47 bits per heavy atom. The maximum absolute atomic E-state index is 12.2. The quantitative estimate of drug-likeness (QED) is 0.112. The van der Waals surface area contributed by atoms with Crippen LogP contribution >= 0.6 is 12.6 Å². The predicted molar refractivity (Wildman–Crippen MR) is 121 cm³/mol. The molecule has 1 aliphatic rings. The summed E-state index contributed by atoms with van der Waals surface area (Å²) in [6, 6.07) is 0.960. The normalized spacial score (nSPS) is 18.3. The van der Waals surface area contributed by atoms with Gasteiger partial charge in [-0.1, -0.05) is 24.3 Å².